The highest BCUT2D eigenvalue weighted by atomic mass is 32.2. The number of nitrogens with zero attached hydrogens (tertiary/aromatic N) is 4. The molecule has 0 aromatic carbocycles. The molecule has 8 nitrogen and oxygen atoms in total. The van der Waals surface area contributed by atoms with Gasteiger partial charge in [0.1, 0.15) is 11.3 Å². The second kappa shape index (κ2) is 7.64. The molecule has 1 fully saturated rings. The summed E-state index contributed by atoms with van der Waals surface area (Å²) >= 11 is 1.62. The molecule has 2 aromatic rings. The molecule has 2 bridgehead atoms. The number of fused-ring (bicyclic) bond motifs is 6. The first kappa shape index (κ1) is 23.4. The molecule has 0 aliphatic carbocycles. The van der Waals surface area contributed by atoms with Crippen LogP contribution in [-0.2, 0) is 13.6 Å². The number of rotatable bonds is 7. The molecular formula is C19H34N4O4SSi3. The lowest BCUT2D eigenvalue weighted by Gasteiger charge is -2.34. The Balaban J connectivity index is 1.77. The highest BCUT2D eigenvalue weighted by molar-refractivity contribution is 8.00. The van der Waals surface area contributed by atoms with Crippen LogP contribution in [0.25, 0.3) is 11.2 Å². The molecular weight excluding hydrogens is 465 g/mol. The first-order valence-corrected chi connectivity index (χ1v) is 21.8. The summed E-state index contributed by atoms with van der Waals surface area (Å²) in [6, 6.07) is 0. The van der Waals surface area contributed by atoms with E-state index >= 15 is 0 Å². The van der Waals surface area contributed by atoms with Gasteiger partial charge in [-0.05, 0) is 58.9 Å². The molecule has 2 aliphatic rings. The van der Waals surface area contributed by atoms with Crippen molar-refractivity contribution < 1.29 is 18.0 Å². The number of ether oxygens (including phenoxy) is 1. The highest BCUT2D eigenvalue weighted by Gasteiger charge is 2.55. The van der Waals surface area contributed by atoms with E-state index in [2.05, 4.69) is 73.5 Å². The van der Waals surface area contributed by atoms with E-state index in [1.807, 2.05) is 0 Å². The smallest absolute Gasteiger partial charge is 0.244 e. The van der Waals surface area contributed by atoms with E-state index in [4.69, 9.17) is 23.0 Å². The van der Waals surface area contributed by atoms with Crippen molar-refractivity contribution in [2.24, 2.45) is 0 Å². The van der Waals surface area contributed by atoms with Gasteiger partial charge in [0.15, 0.2) is 39.2 Å². The van der Waals surface area contributed by atoms with Gasteiger partial charge in [-0.15, -0.1) is 0 Å². The van der Waals surface area contributed by atoms with Gasteiger partial charge in [0.25, 0.3) is 0 Å². The van der Waals surface area contributed by atoms with Gasteiger partial charge in [-0.2, -0.15) is 0 Å². The summed E-state index contributed by atoms with van der Waals surface area (Å²) in [7, 11) is -5.35. The number of imidazole rings is 1. The van der Waals surface area contributed by atoms with Crippen molar-refractivity contribution in [3.8, 4) is 5.88 Å². The predicted octanol–water partition coefficient (Wildman–Crippen LogP) is 4.83. The van der Waals surface area contributed by atoms with Gasteiger partial charge in [-0.1, -0.05) is 11.8 Å². The lowest BCUT2D eigenvalue weighted by atomic mass is 10.2. The molecule has 0 radical (unpaired) electrons. The van der Waals surface area contributed by atoms with E-state index in [1.54, 1.807) is 18.1 Å². The van der Waals surface area contributed by atoms with Crippen molar-refractivity contribution in [2.75, 3.05) is 6.61 Å². The molecule has 172 valence electrons. The van der Waals surface area contributed by atoms with Crippen molar-refractivity contribution >= 4 is 47.9 Å². The number of thioether (sulfide) groups is 1. The zero-order valence-corrected chi connectivity index (χ0v) is 23.8. The highest BCUT2D eigenvalue weighted by Crippen LogP contribution is 2.55. The van der Waals surface area contributed by atoms with Crippen molar-refractivity contribution in [2.45, 2.75) is 87.8 Å². The lowest BCUT2D eigenvalue weighted by molar-refractivity contribution is -0.0695. The summed E-state index contributed by atoms with van der Waals surface area (Å²) in [5.41, 5.74) is 1.43. The summed E-state index contributed by atoms with van der Waals surface area (Å²) in [6.07, 6.45) is 1.97. The second-order valence-corrected chi connectivity index (χ2v) is 25.9. The first-order valence-electron chi connectivity index (χ1n) is 10.8. The summed E-state index contributed by atoms with van der Waals surface area (Å²) in [5, 5.41) is 0.869. The largest absolute Gasteiger partial charge is 0.530 e. The minimum absolute atomic E-state index is 0.0700. The SMILES string of the molecule is C[Si](C)(C)OCC12CC(O[Si](C)(C)C)C(O1)n1c(nc3c(O[Si](C)(C)C)ncnc31)S2. The molecule has 1 saturated heterocycles. The van der Waals surface area contributed by atoms with Crippen LogP contribution in [0.1, 0.15) is 12.6 Å². The van der Waals surface area contributed by atoms with Crippen LogP contribution in [0.2, 0.25) is 58.9 Å². The third-order valence-electron chi connectivity index (χ3n) is 4.74. The zero-order valence-electron chi connectivity index (χ0n) is 20.0. The van der Waals surface area contributed by atoms with Crippen LogP contribution >= 0.6 is 11.8 Å². The minimum Gasteiger partial charge on any atom is -0.530 e. The molecule has 3 unspecified atom stereocenters. The van der Waals surface area contributed by atoms with Crippen LogP contribution < -0.4 is 4.43 Å². The van der Waals surface area contributed by atoms with Crippen molar-refractivity contribution in [1.29, 1.82) is 0 Å². The fourth-order valence-electron chi connectivity index (χ4n) is 3.74. The number of hydrogen-bond acceptors (Lipinski definition) is 8. The molecule has 12 heteroatoms. The Morgan fingerprint density at radius 3 is 2.39 bits per heavy atom. The Bertz CT molecular complexity index is 985. The topological polar surface area (TPSA) is 80.5 Å². The van der Waals surface area contributed by atoms with E-state index < -0.39 is 29.9 Å². The Kier molecular flexibility index (Phi) is 5.76. The average molecular weight is 499 g/mol. The molecule has 4 heterocycles. The summed E-state index contributed by atoms with van der Waals surface area (Å²) < 4.78 is 27.9. The third kappa shape index (κ3) is 5.09. The fourth-order valence-corrected chi connectivity index (χ4v) is 7.62. The Morgan fingerprint density at radius 2 is 1.77 bits per heavy atom. The van der Waals surface area contributed by atoms with Crippen molar-refractivity contribution in [3.05, 3.63) is 6.33 Å². The van der Waals surface area contributed by atoms with Crippen LogP contribution in [0.5, 0.6) is 5.88 Å². The van der Waals surface area contributed by atoms with Crippen molar-refractivity contribution in [1.82, 2.24) is 19.5 Å². The standard InChI is InChI=1S/C19H34N4O4SSi3/c1-29(2,3)24-11-19-10-13(26-30(4,5)6)17(25-19)23-15-14(22-18(23)28-19)16(21-12-20-15)27-31(7,8)9/h12-13,17H,10-11H2,1-9H3. The molecule has 2 aromatic heterocycles. The molecule has 3 atom stereocenters. The Labute approximate surface area is 191 Å². The molecule has 0 saturated carbocycles. The predicted molar refractivity (Wildman–Crippen MR) is 130 cm³/mol. The van der Waals surface area contributed by atoms with Crippen LogP contribution in [-0.4, -0.2) is 62.1 Å². The van der Waals surface area contributed by atoms with E-state index in [-0.39, 0.29) is 12.3 Å². The van der Waals surface area contributed by atoms with Crippen LogP contribution in [0.15, 0.2) is 11.5 Å². The molecule has 31 heavy (non-hydrogen) atoms. The number of aromatic nitrogens is 4. The van der Waals surface area contributed by atoms with Gasteiger partial charge in [0.05, 0.1) is 12.7 Å². The van der Waals surface area contributed by atoms with E-state index in [9.17, 15) is 0 Å². The summed E-state index contributed by atoms with van der Waals surface area (Å²) in [6.45, 7) is 20.2. The molecule has 0 spiro atoms. The minimum atomic E-state index is -1.85. The normalized spacial score (nSPS) is 26.4. The van der Waals surface area contributed by atoms with Crippen LogP contribution in [0.3, 0.4) is 0 Å². The van der Waals surface area contributed by atoms with Crippen molar-refractivity contribution in [3.63, 3.8) is 0 Å². The van der Waals surface area contributed by atoms with Gasteiger partial charge in [0.2, 0.25) is 14.2 Å². The quantitative estimate of drug-likeness (QED) is 0.502. The Morgan fingerprint density at radius 1 is 1.06 bits per heavy atom. The molecule has 0 N–H and O–H groups in total. The summed E-state index contributed by atoms with van der Waals surface area (Å²) in [5.74, 6) is 0.553. The maximum absolute atomic E-state index is 6.66. The Hall–Kier alpha value is -0.769. The van der Waals surface area contributed by atoms with Gasteiger partial charge < -0.3 is 18.0 Å². The van der Waals surface area contributed by atoms with Crippen LogP contribution in [0, 0.1) is 0 Å². The molecule has 2 aliphatic heterocycles. The molecule has 0 amide bonds. The van der Waals surface area contributed by atoms with E-state index in [1.165, 1.54) is 0 Å². The van der Waals surface area contributed by atoms with E-state index in [0.29, 0.717) is 18.0 Å². The second-order valence-electron chi connectivity index (χ2n) is 11.2. The lowest BCUT2D eigenvalue weighted by Crippen LogP contribution is -2.39. The van der Waals surface area contributed by atoms with Gasteiger partial charge in [-0.3, -0.25) is 4.57 Å². The van der Waals surface area contributed by atoms with Crippen LogP contribution in [0.4, 0.5) is 0 Å². The maximum atomic E-state index is 6.66. The van der Waals surface area contributed by atoms with E-state index in [0.717, 1.165) is 17.2 Å². The molecule has 4 rings (SSSR count). The summed E-state index contributed by atoms with van der Waals surface area (Å²) in [4.78, 5) is 13.4. The third-order valence-corrected chi connectivity index (χ3v) is 8.79. The van der Waals surface area contributed by atoms with Gasteiger partial charge >= 0.3 is 0 Å². The first-order chi connectivity index (χ1) is 14.1. The monoisotopic (exact) mass is 498 g/mol. The average Bonchev–Trinajstić information content (AvgIpc) is 3.07. The zero-order chi connectivity index (χ0) is 22.8. The van der Waals surface area contributed by atoms with Gasteiger partial charge in [0, 0.05) is 6.42 Å². The fraction of sp³-hybridized carbons (Fsp3) is 0.737. The number of hydrogen-bond donors (Lipinski definition) is 0. The maximum Gasteiger partial charge on any atom is 0.244 e. The van der Waals surface area contributed by atoms with Gasteiger partial charge in [-0.25, -0.2) is 15.0 Å².